The van der Waals surface area contributed by atoms with Crippen molar-refractivity contribution in [2.75, 3.05) is 10.6 Å². The lowest BCUT2D eigenvalue weighted by Gasteiger charge is -2.23. The van der Waals surface area contributed by atoms with Gasteiger partial charge in [-0.15, -0.1) is 0 Å². The first-order chi connectivity index (χ1) is 11.9. The molecule has 1 aromatic heterocycles. The molecule has 0 spiro atoms. The molecule has 134 valence electrons. The number of benzene rings is 1. The lowest BCUT2D eigenvalue weighted by Crippen LogP contribution is -2.24. The van der Waals surface area contributed by atoms with Gasteiger partial charge in [0, 0.05) is 22.3 Å². The van der Waals surface area contributed by atoms with Crippen molar-refractivity contribution < 1.29 is 13.2 Å². The Morgan fingerprint density at radius 1 is 1.04 bits per heavy atom. The molecule has 0 aliphatic heterocycles. The van der Waals surface area contributed by atoms with Crippen molar-refractivity contribution in [3.8, 4) is 0 Å². The lowest BCUT2D eigenvalue weighted by atomic mass is 9.96. The molecular formula is C17H18BrF3N4. The highest BCUT2D eigenvalue weighted by molar-refractivity contribution is 9.10. The lowest BCUT2D eigenvalue weighted by molar-refractivity contribution is -0.141. The molecule has 1 fully saturated rings. The van der Waals surface area contributed by atoms with Crippen LogP contribution in [0.5, 0.6) is 0 Å². The van der Waals surface area contributed by atoms with Gasteiger partial charge in [-0.1, -0.05) is 41.3 Å². The smallest absolute Gasteiger partial charge is 0.351 e. The molecule has 3 rings (SSSR count). The summed E-state index contributed by atoms with van der Waals surface area (Å²) in [5, 5.41) is 5.97. The predicted molar refractivity (Wildman–Crippen MR) is 95.0 cm³/mol. The van der Waals surface area contributed by atoms with E-state index in [1.165, 1.54) is 0 Å². The van der Waals surface area contributed by atoms with E-state index < -0.39 is 11.9 Å². The van der Waals surface area contributed by atoms with Crippen LogP contribution in [0.1, 0.15) is 37.8 Å². The zero-order valence-electron chi connectivity index (χ0n) is 13.4. The summed E-state index contributed by atoms with van der Waals surface area (Å²) in [7, 11) is 0. The Morgan fingerprint density at radius 2 is 1.80 bits per heavy atom. The molecule has 4 nitrogen and oxygen atoms in total. The Labute approximate surface area is 152 Å². The van der Waals surface area contributed by atoms with E-state index in [0.29, 0.717) is 5.69 Å². The zero-order valence-corrected chi connectivity index (χ0v) is 15.0. The number of rotatable bonds is 4. The third-order valence-electron chi connectivity index (χ3n) is 4.05. The van der Waals surface area contributed by atoms with Crippen LogP contribution in [0.2, 0.25) is 0 Å². The standard InChI is InChI=1S/C17H18BrF3N4/c18-11-5-4-8-13(9-11)22-15-10-14(17(19,20)21)24-16(25-15)23-12-6-2-1-3-7-12/h4-5,8-10,12H,1-3,6-7H2,(H2,22,23,24,25). The van der Waals surface area contributed by atoms with Gasteiger partial charge in [0.1, 0.15) is 5.82 Å². The van der Waals surface area contributed by atoms with Crippen LogP contribution in [0, 0.1) is 0 Å². The Morgan fingerprint density at radius 3 is 2.48 bits per heavy atom. The van der Waals surface area contributed by atoms with Crippen LogP contribution in [0.4, 0.5) is 30.6 Å². The van der Waals surface area contributed by atoms with Crippen LogP contribution in [0.15, 0.2) is 34.8 Å². The average Bonchev–Trinajstić information content (AvgIpc) is 2.55. The summed E-state index contributed by atoms with van der Waals surface area (Å²) in [5.74, 6) is 0.123. The van der Waals surface area contributed by atoms with Crippen molar-refractivity contribution in [2.45, 2.75) is 44.3 Å². The van der Waals surface area contributed by atoms with E-state index >= 15 is 0 Å². The summed E-state index contributed by atoms with van der Waals surface area (Å²) in [6.07, 6.45) is 0.624. The predicted octanol–water partition coefficient (Wildman–Crippen LogP) is 5.75. The number of hydrogen-bond donors (Lipinski definition) is 2. The quantitative estimate of drug-likeness (QED) is 0.668. The molecule has 0 radical (unpaired) electrons. The first-order valence-corrected chi connectivity index (χ1v) is 8.95. The van der Waals surface area contributed by atoms with Crippen LogP contribution in [0.25, 0.3) is 0 Å². The monoisotopic (exact) mass is 414 g/mol. The number of alkyl halides is 3. The fraction of sp³-hybridized carbons (Fsp3) is 0.412. The summed E-state index contributed by atoms with van der Waals surface area (Å²) in [5.41, 5.74) is -0.317. The molecule has 2 aromatic rings. The fourth-order valence-electron chi connectivity index (χ4n) is 2.86. The first kappa shape index (κ1) is 18.0. The van der Waals surface area contributed by atoms with Crippen molar-refractivity contribution in [3.63, 3.8) is 0 Å². The van der Waals surface area contributed by atoms with E-state index in [-0.39, 0.29) is 17.8 Å². The number of aromatic nitrogens is 2. The van der Waals surface area contributed by atoms with Crippen molar-refractivity contribution in [1.29, 1.82) is 0 Å². The van der Waals surface area contributed by atoms with E-state index in [1.54, 1.807) is 18.2 Å². The Hall–Kier alpha value is -1.83. The Kier molecular flexibility index (Phi) is 5.46. The molecule has 8 heteroatoms. The van der Waals surface area contributed by atoms with Gasteiger partial charge in [0.25, 0.3) is 0 Å². The summed E-state index contributed by atoms with van der Waals surface area (Å²) in [4.78, 5) is 7.88. The number of halogens is 4. The van der Waals surface area contributed by atoms with Crippen LogP contribution in [0.3, 0.4) is 0 Å². The number of hydrogen-bond acceptors (Lipinski definition) is 4. The van der Waals surface area contributed by atoms with Crippen LogP contribution in [-0.4, -0.2) is 16.0 Å². The van der Waals surface area contributed by atoms with Crippen LogP contribution >= 0.6 is 15.9 Å². The zero-order chi connectivity index (χ0) is 17.9. The number of nitrogens with zero attached hydrogens (tertiary/aromatic N) is 2. The second-order valence-corrected chi connectivity index (χ2v) is 6.99. The summed E-state index contributed by atoms with van der Waals surface area (Å²) in [6.45, 7) is 0. The minimum absolute atomic E-state index is 0.0132. The van der Waals surface area contributed by atoms with E-state index in [9.17, 15) is 13.2 Å². The molecule has 25 heavy (non-hydrogen) atoms. The van der Waals surface area contributed by atoms with Crippen LogP contribution < -0.4 is 10.6 Å². The minimum atomic E-state index is -4.53. The third kappa shape index (κ3) is 5.07. The molecule has 1 saturated carbocycles. The van der Waals surface area contributed by atoms with Gasteiger partial charge in [0.2, 0.25) is 5.95 Å². The molecule has 0 unspecified atom stereocenters. The topological polar surface area (TPSA) is 49.8 Å². The van der Waals surface area contributed by atoms with Gasteiger partial charge in [0.15, 0.2) is 5.69 Å². The largest absolute Gasteiger partial charge is 0.433 e. The third-order valence-corrected chi connectivity index (χ3v) is 4.55. The molecular weight excluding hydrogens is 397 g/mol. The van der Waals surface area contributed by atoms with Crippen molar-refractivity contribution >= 4 is 33.4 Å². The van der Waals surface area contributed by atoms with Gasteiger partial charge >= 0.3 is 6.18 Å². The van der Waals surface area contributed by atoms with E-state index in [1.807, 2.05) is 6.07 Å². The maximum absolute atomic E-state index is 13.2. The second-order valence-electron chi connectivity index (χ2n) is 6.07. The normalized spacial score (nSPS) is 15.8. The maximum atomic E-state index is 13.2. The van der Waals surface area contributed by atoms with Crippen molar-refractivity contribution in [1.82, 2.24) is 9.97 Å². The highest BCUT2D eigenvalue weighted by Crippen LogP contribution is 2.31. The summed E-state index contributed by atoms with van der Waals surface area (Å²) in [6, 6.07) is 8.20. The van der Waals surface area contributed by atoms with Gasteiger partial charge in [-0.05, 0) is 31.0 Å². The summed E-state index contributed by atoms with van der Waals surface area (Å²) >= 11 is 3.34. The fourth-order valence-corrected chi connectivity index (χ4v) is 3.26. The highest BCUT2D eigenvalue weighted by atomic mass is 79.9. The SMILES string of the molecule is FC(F)(F)c1cc(Nc2cccc(Br)c2)nc(NC2CCCCC2)n1. The molecule has 1 aromatic carbocycles. The molecule has 0 bridgehead atoms. The first-order valence-electron chi connectivity index (χ1n) is 8.15. The van der Waals surface area contributed by atoms with Crippen molar-refractivity contribution in [2.24, 2.45) is 0 Å². The average molecular weight is 415 g/mol. The highest BCUT2D eigenvalue weighted by Gasteiger charge is 2.34. The molecule has 0 saturated heterocycles. The molecule has 1 heterocycles. The van der Waals surface area contributed by atoms with Crippen LogP contribution in [-0.2, 0) is 6.18 Å². The van der Waals surface area contributed by atoms with Gasteiger partial charge in [0.05, 0.1) is 0 Å². The van der Waals surface area contributed by atoms with E-state index in [4.69, 9.17) is 0 Å². The van der Waals surface area contributed by atoms with Gasteiger partial charge in [-0.25, -0.2) is 4.98 Å². The molecule has 1 aliphatic carbocycles. The van der Waals surface area contributed by atoms with Gasteiger partial charge in [-0.2, -0.15) is 18.2 Å². The molecule has 0 amide bonds. The number of nitrogens with one attached hydrogen (secondary N) is 2. The van der Waals surface area contributed by atoms with E-state index in [0.717, 1.165) is 42.6 Å². The molecule has 1 aliphatic rings. The van der Waals surface area contributed by atoms with Crippen molar-refractivity contribution in [3.05, 3.63) is 40.5 Å². The molecule has 0 atom stereocenters. The Bertz CT molecular complexity index is 730. The van der Waals surface area contributed by atoms with E-state index in [2.05, 4.69) is 36.5 Å². The molecule has 2 N–H and O–H groups in total. The maximum Gasteiger partial charge on any atom is 0.433 e. The van der Waals surface area contributed by atoms with Gasteiger partial charge in [-0.3, -0.25) is 0 Å². The Balaban J connectivity index is 1.86. The second kappa shape index (κ2) is 7.59. The minimum Gasteiger partial charge on any atom is -0.351 e. The summed E-state index contributed by atoms with van der Waals surface area (Å²) < 4.78 is 40.4. The van der Waals surface area contributed by atoms with Gasteiger partial charge < -0.3 is 10.6 Å². The number of anilines is 3.